The van der Waals surface area contributed by atoms with Gasteiger partial charge in [-0.3, -0.25) is 0 Å². The van der Waals surface area contributed by atoms with Crippen LogP contribution in [-0.4, -0.2) is 4.98 Å². The van der Waals surface area contributed by atoms with Crippen molar-refractivity contribution in [1.82, 2.24) is 4.98 Å². The lowest BCUT2D eigenvalue weighted by Gasteiger charge is -1.93. The fourth-order valence-electron chi connectivity index (χ4n) is 1.10. The third-order valence-electron chi connectivity index (χ3n) is 1.83. The molecule has 0 amide bonds. The van der Waals surface area contributed by atoms with E-state index in [4.69, 9.17) is 8.83 Å². The lowest BCUT2D eigenvalue weighted by molar-refractivity contribution is 0.471. The summed E-state index contributed by atoms with van der Waals surface area (Å²) in [7, 11) is 0. The summed E-state index contributed by atoms with van der Waals surface area (Å²) in [6.07, 6.45) is 4.93. The molecule has 2 rings (SSSR count). The molecular formula is C10H11NO2. The maximum absolute atomic E-state index is 5.30. The summed E-state index contributed by atoms with van der Waals surface area (Å²) in [6.45, 7) is 4.09. The minimum absolute atomic E-state index is 0.320. The Morgan fingerprint density at radius 1 is 1.31 bits per heavy atom. The molecule has 0 saturated heterocycles. The standard InChI is InChI=1S/C10H11NO2/c1-7(2)10-11-9(6-13-10)8-3-4-12-5-8/h3-7H,1-2H3. The van der Waals surface area contributed by atoms with E-state index in [9.17, 15) is 0 Å². The second-order valence-corrected chi connectivity index (χ2v) is 3.24. The molecule has 0 saturated carbocycles. The van der Waals surface area contributed by atoms with Crippen molar-refractivity contribution < 1.29 is 8.83 Å². The van der Waals surface area contributed by atoms with Crippen molar-refractivity contribution in [2.75, 3.05) is 0 Å². The van der Waals surface area contributed by atoms with Crippen molar-refractivity contribution in [3.63, 3.8) is 0 Å². The molecule has 0 unspecified atom stereocenters. The average Bonchev–Trinajstić information content (AvgIpc) is 2.75. The first-order chi connectivity index (χ1) is 6.27. The van der Waals surface area contributed by atoms with Crippen molar-refractivity contribution >= 4 is 0 Å². The molecule has 3 heteroatoms. The molecule has 0 aliphatic heterocycles. The van der Waals surface area contributed by atoms with E-state index < -0.39 is 0 Å². The molecule has 68 valence electrons. The van der Waals surface area contributed by atoms with Crippen LogP contribution in [-0.2, 0) is 0 Å². The zero-order valence-corrected chi connectivity index (χ0v) is 7.65. The van der Waals surface area contributed by atoms with Crippen LogP contribution in [0, 0.1) is 0 Å². The number of hydrogen-bond acceptors (Lipinski definition) is 3. The topological polar surface area (TPSA) is 39.2 Å². The summed E-state index contributed by atoms with van der Waals surface area (Å²) in [4.78, 5) is 4.33. The zero-order valence-electron chi connectivity index (χ0n) is 7.65. The highest BCUT2D eigenvalue weighted by molar-refractivity contribution is 5.55. The Kier molecular flexibility index (Phi) is 1.93. The molecule has 2 heterocycles. The highest BCUT2D eigenvalue weighted by atomic mass is 16.3. The maximum atomic E-state index is 5.30. The Bertz CT molecular complexity index is 373. The van der Waals surface area contributed by atoms with Gasteiger partial charge in [-0.15, -0.1) is 0 Å². The van der Waals surface area contributed by atoms with Crippen LogP contribution < -0.4 is 0 Å². The molecule has 0 radical (unpaired) electrons. The Morgan fingerprint density at radius 3 is 2.69 bits per heavy atom. The summed E-state index contributed by atoms with van der Waals surface area (Å²) >= 11 is 0. The van der Waals surface area contributed by atoms with Crippen molar-refractivity contribution in [3.8, 4) is 11.3 Å². The van der Waals surface area contributed by atoms with E-state index in [1.54, 1.807) is 18.8 Å². The number of rotatable bonds is 2. The summed E-state index contributed by atoms with van der Waals surface area (Å²) < 4.78 is 10.3. The average molecular weight is 177 g/mol. The number of furan rings is 1. The van der Waals surface area contributed by atoms with Crippen LogP contribution in [0.5, 0.6) is 0 Å². The van der Waals surface area contributed by atoms with Crippen LogP contribution in [0.25, 0.3) is 11.3 Å². The predicted octanol–water partition coefficient (Wildman–Crippen LogP) is 3.06. The van der Waals surface area contributed by atoms with Gasteiger partial charge in [0.2, 0.25) is 0 Å². The quantitative estimate of drug-likeness (QED) is 0.707. The lowest BCUT2D eigenvalue weighted by atomic mass is 10.2. The first-order valence-corrected chi connectivity index (χ1v) is 4.25. The van der Waals surface area contributed by atoms with E-state index in [-0.39, 0.29) is 0 Å². The van der Waals surface area contributed by atoms with Gasteiger partial charge in [-0.2, -0.15) is 0 Å². The van der Waals surface area contributed by atoms with Crippen molar-refractivity contribution in [2.45, 2.75) is 19.8 Å². The molecule has 0 N–H and O–H groups in total. The van der Waals surface area contributed by atoms with Gasteiger partial charge in [0.1, 0.15) is 12.0 Å². The van der Waals surface area contributed by atoms with Gasteiger partial charge >= 0.3 is 0 Å². The molecule has 13 heavy (non-hydrogen) atoms. The second kappa shape index (κ2) is 3.09. The van der Waals surface area contributed by atoms with Crippen LogP contribution in [0.3, 0.4) is 0 Å². The first-order valence-electron chi connectivity index (χ1n) is 4.25. The molecule has 2 aromatic heterocycles. The summed E-state index contributed by atoms with van der Waals surface area (Å²) in [5.74, 6) is 1.08. The summed E-state index contributed by atoms with van der Waals surface area (Å²) in [5, 5.41) is 0. The molecule has 0 aromatic carbocycles. The normalized spacial score (nSPS) is 11.0. The van der Waals surface area contributed by atoms with Crippen LogP contribution >= 0.6 is 0 Å². The van der Waals surface area contributed by atoms with E-state index in [1.807, 2.05) is 19.9 Å². The van der Waals surface area contributed by atoms with E-state index >= 15 is 0 Å². The Hall–Kier alpha value is -1.51. The highest BCUT2D eigenvalue weighted by Crippen LogP contribution is 2.21. The van der Waals surface area contributed by atoms with E-state index in [0.717, 1.165) is 17.1 Å². The van der Waals surface area contributed by atoms with Gasteiger partial charge in [-0.1, -0.05) is 13.8 Å². The number of aromatic nitrogens is 1. The smallest absolute Gasteiger partial charge is 0.197 e. The zero-order chi connectivity index (χ0) is 9.26. The molecular weight excluding hydrogens is 166 g/mol. The molecule has 2 aromatic rings. The predicted molar refractivity (Wildman–Crippen MR) is 48.3 cm³/mol. The molecule has 0 fully saturated rings. The van der Waals surface area contributed by atoms with Crippen molar-refractivity contribution in [3.05, 3.63) is 30.7 Å². The largest absolute Gasteiger partial charge is 0.472 e. The lowest BCUT2D eigenvalue weighted by Crippen LogP contribution is -1.85. The second-order valence-electron chi connectivity index (χ2n) is 3.24. The summed E-state index contributed by atoms with van der Waals surface area (Å²) in [5.41, 5.74) is 1.79. The van der Waals surface area contributed by atoms with Gasteiger partial charge < -0.3 is 8.83 Å². The number of nitrogens with zero attached hydrogens (tertiary/aromatic N) is 1. The maximum Gasteiger partial charge on any atom is 0.197 e. The number of hydrogen-bond donors (Lipinski definition) is 0. The Labute approximate surface area is 76.4 Å². The fourth-order valence-corrected chi connectivity index (χ4v) is 1.10. The Morgan fingerprint density at radius 2 is 2.15 bits per heavy atom. The first kappa shape index (κ1) is 8.10. The van der Waals surface area contributed by atoms with Crippen LogP contribution in [0.4, 0.5) is 0 Å². The van der Waals surface area contributed by atoms with Gasteiger partial charge in [0, 0.05) is 11.5 Å². The third-order valence-corrected chi connectivity index (χ3v) is 1.83. The van der Waals surface area contributed by atoms with E-state index in [1.165, 1.54) is 0 Å². The van der Waals surface area contributed by atoms with Gasteiger partial charge in [0.25, 0.3) is 0 Å². The molecule has 0 bridgehead atoms. The minimum atomic E-state index is 0.320. The monoisotopic (exact) mass is 177 g/mol. The molecule has 0 aliphatic rings. The van der Waals surface area contributed by atoms with Crippen molar-refractivity contribution in [1.29, 1.82) is 0 Å². The van der Waals surface area contributed by atoms with Crippen LogP contribution in [0.2, 0.25) is 0 Å². The molecule has 0 aliphatic carbocycles. The molecule has 0 atom stereocenters. The molecule has 3 nitrogen and oxygen atoms in total. The summed E-state index contributed by atoms with van der Waals surface area (Å²) in [6, 6.07) is 1.86. The van der Waals surface area contributed by atoms with E-state index in [0.29, 0.717) is 5.92 Å². The third kappa shape index (κ3) is 1.49. The highest BCUT2D eigenvalue weighted by Gasteiger charge is 2.09. The minimum Gasteiger partial charge on any atom is -0.472 e. The van der Waals surface area contributed by atoms with Crippen LogP contribution in [0.15, 0.2) is 33.7 Å². The van der Waals surface area contributed by atoms with E-state index in [2.05, 4.69) is 4.98 Å². The van der Waals surface area contributed by atoms with Gasteiger partial charge in [-0.05, 0) is 6.07 Å². The SMILES string of the molecule is CC(C)c1nc(-c2ccoc2)co1. The Balaban J connectivity index is 2.33. The van der Waals surface area contributed by atoms with Crippen molar-refractivity contribution in [2.24, 2.45) is 0 Å². The van der Waals surface area contributed by atoms with Gasteiger partial charge in [0.15, 0.2) is 5.89 Å². The van der Waals surface area contributed by atoms with Gasteiger partial charge in [0.05, 0.1) is 12.5 Å². The van der Waals surface area contributed by atoms with Crippen LogP contribution in [0.1, 0.15) is 25.7 Å². The number of oxazole rings is 1. The fraction of sp³-hybridized carbons (Fsp3) is 0.300. The molecule has 0 spiro atoms. The van der Waals surface area contributed by atoms with Gasteiger partial charge in [-0.25, -0.2) is 4.98 Å².